The molecular weight excluding hydrogens is 332 g/mol. The number of aryl methyl sites for hydroxylation is 1. The monoisotopic (exact) mass is 348 g/mol. The van der Waals surface area contributed by atoms with Crippen LogP contribution in [0, 0.1) is 12.8 Å². The van der Waals surface area contributed by atoms with Crippen LogP contribution >= 0.6 is 11.6 Å². The summed E-state index contributed by atoms with van der Waals surface area (Å²) in [5.41, 5.74) is 0.708. The normalized spacial score (nSPS) is 17.4. The summed E-state index contributed by atoms with van der Waals surface area (Å²) < 4.78 is 4.89. The van der Waals surface area contributed by atoms with Crippen LogP contribution in [0.15, 0.2) is 28.8 Å². The first-order valence-electron chi connectivity index (χ1n) is 7.57. The Morgan fingerprint density at radius 3 is 2.96 bits per heavy atom. The number of carbonyl (C=O) groups excluding carboxylic acids is 2. The third kappa shape index (κ3) is 3.26. The number of halogens is 1. The van der Waals surface area contributed by atoms with Crippen molar-refractivity contribution in [1.82, 2.24) is 15.0 Å². The van der Waals surface area contributed by atoms with Gasteiger partial charge >= 0.3 is 0 Å². The molecule has 3 rings (SSSR count). The molecule has 8 heteroatoms. The summed E-state index contributed by atoms with van der Waals surface area (Å²) in [7, 11) is 1.63. The Morgan fingerprint density at radius 1 is 1.50 bits per heavy atom. The minimum Gasteiger partial charge on any atom is -0.340 e. The lowest BCUT2D eigenvalue weighted by Gasteiger charge is -2.20. The lowest BCUT2D eigenvalue weighted by atomic mass is 10.1. The van der Waals surface area contributed by atoms with E-state index in [1.807, 2.05) is 6.07 Å². The highest BCUT2D eigenvalue weighted by molar-refractivity contribution is 6.31. The highest BCUT2D eigenvalue weighted by Gasteiger charge is 2.39. The minimum atomic E-state index is -0.693. The van der Waals surface area contributed by atoms with Gasteiger partial charge in [-0.05, 0) is 24.6 Å². The van der Waals surface area contributed by atoms with Crippen molar-refractivity contribution in [1.29, 1.82) is 0 Å². The van der Waals surface area contributed by atoms with Crippen LogP contribution < -0.4 is 4.90 Å². The van der Waals surface area contributed by atoms with Crippen LogP contribution in [0.3, 0.4) is 0 Å². The first kappa shape index (κ1) is 16.4. The second-order valence-electron chi connectivity index (χ2n) is 5.73. The Labute approximate surface area is 144 Å². The number of rotatable bonds is 4. The fourth-order valence-electron chi connectivity index (χ4n) is 2.77. The molecule has 0 bridgehead atoms. The van der Waals surface area contributed by atoms with Crippen molar-refractivity contribution < 1.29 is 14.1 Å². The molecule has 2 amide bonds. The van der Waals surface area contributed by atoms with Gasteiger partial charge in [0.1, 0.15) is 5.92 Å². The summed E-state index contributed by atoms with van der Waals surface area (Å²) >= 11 is 5.98. The van der Waals surface area contributed by atoms with E-state index < -0.39 is 5.92 Å². The predicted octanol–water partition coefficient (Wildman–Crippen LogP) is 2.04. The average Bonchev–Trinajstić information content (AvgIpc) is 3.12. The van der Waals surface area contributed by atoms with Crippen molar-refractivity contribution >= 4 is 29.1 Å². The van der Waals surface area contributed by atoms with E-state index in [2.05, 4.69) is 10.1 Å². The molecule has 7 nitrogen and oxygen atoms in total. The molecule has 1 aromatic carbocycles. The van der Waals surface area contributed by atoms with Crippen molar-refractivity contribution in [2.45, 2.75) is 19.9 Å². The molecular formula is C16H17ClN4O3. The van der Waals surface area contributed by atoms with Gasteiger partial charge in [0, 0.05) is 31.2 Å². The maximum absolute atomic E-state index is 12.6. The molecule has 0 spiro atoms. The molecule has 1 atom stereocenters. The van der Waals surface area contributed by atoms with E-state index >= 15 is 0 Å². The largest absolute Gasteiger partial charge is 0.340 e. The van der Waals surface area contributed by atoms with Crippen LogP contribution in [-0.4, -0.2) is 40.4 Å². The Kier molecular flexibility index (Phi) is 4.53. The molecule has 1 aliphatic heterocycles. The van der Waals surface area contributed by atoms with E-state index in [9.17, 15) is 9.59 Å². The molecule has 2 aromatic rings. The molecule has 2 heterocycles. The van der Waals surface area contributed by atoms with Gasteiger partial charge in [-0.1, -0.05) is 22.8 Å². The van der Waals surface area contributed by atoms with E-state index in [0.717, 1.165) is 0 Å². The summed E-state index contributed by atoms with van der Waals surface area (Å²) in [6, 6.07) is 7.06. The number of carbonyl (C=O) groups is 2. The number of amides is 2. The van der Waals surface area contributed by atoms with Gasteiger partial charge in [-0.2, -0.15) is 4.98 Å². The van der Waals surface area contributed by atoms with Gasteiger partial charge in [0.15, 0.2) is 5.82 Å². The summed E-state index contributed by atoms with van der Waals surface area (Å²) in [6.45, 7) is 2.38. The average molecular weight is 349 g/mol. The van der Waals surface area contributed by atoms with Crippen molar-refractivity contribution in [2.75, 3.05) is 18.5 Å². The maximum Gasteiger partial charge on any atom is 0.239 e. The zero-order valence-electron chi connectivity index (χ0n) is 13.4. The third-order valence-corrected chi connectivity index (χ3v) is 4.18. The van der Waals surface area contributed by atoms with Gasteiger partial charge in [-0.15, -0.1) is 0 Å². The van der Waals surface area contributed by atoms with Crippen molar-refractivity contribution in [3.05, 3.63) is 41.0 Å². The smallest absolute Gasteiger partial charge is 0.239 e. The van der Waals surface area contributed by atoms with Crippen molar-refractivity contribution in [3.63, 3.8) is 0 Å². The lowest BCUT2D eigenvalue weighted by Crippen LogP contribution is -2.38. The van der Waals surface area contributed by atoms with Crippen LogP contribution in [0.4, 0.5) is 5.69 Å². The zero-order valence-corrected chi connectivity index (χ0v) is 14.2. The predicted molar refractivity (Wildman–Crippen MR) is 87.4 cm³/mol. The molecule has 1 unspecified atom stereocenters. The summed E-state index contributed by atoms with van der Waals surface area (Å²) in [6.07, 6.45) is 0.472. The lowest BCUT2D eigenvalue weighted by molar-refractivity contribution is -0.139. The van der Waals surface area contributed by atoms with E-state index in [4.69, 9.17) is 16.1 Å². The van der Waals surface area contributed by atoms with Gasteiger partial charge in [0.05, 0.1) is 6.54 Å². The number of nitrogens with zero attached hydrogens (tertiary/aromatic N) is 4. The summed E-state index contributed by atoms with van der Waals surface area (Å²) in [5.74, 6) is -0.289. The second kappa shape index (κ2) is 6.60. The molecule has 24 heavy (non-hydrogen) atoms. The number of hydrogen-bond donors (Lipinski definition) is 0. The molecule has 0 N–H and O–H groups in total. The second-order valence-corrected chi connectivity index (χ2v) is 6.17. The molecule has 126 valence electrons. The van der Waals surface area contributed by atoms with E-state index in [0.29, 0.717) is 35.4 Å². The first-order chi connectivity index (χ1) is 11.5. The molecule has 0 radical (unpaired) electrons. The SMILES string of the molecule is Cc1nc(CN(C)C(=O)C2CCN(c3cccc(Cl)c3)C2=O)no1. The Balaban J connectivity index is 1.69. The van der Waals surface area contributed by atoms with Crippen LogP contribution in [0.25, 0.3) is 0 Å². The number of aromatic nitrogens is 2. The Hall–Kier alpha value is -2.41. The third-order valence-electron chi connectivity index (χ3n) is 3.95. The van der Waals surface area contributed by atoms with Crippen molar-refractivity contribution in [3.8, 4) is 0 Å². The highest BCUT2D eigenvalue weighted by atomic mass is 35.5. The Morgan fingerprint density at radius 2 is 2.29 bits per heavy atom. The summed E-state index contributed by atoms with van der Waals surface area (Å²) in [5, 5.41) is 4.32. The maximum atomic E-state index is 12.6. The molecule has 0 saturated carbocycles. The molecule has 1 saturated heterocycles. The van der Waals surface area contributed by atoms with Crippen LogP contribution in [0.5, 0.6) is 0 Å². The van der Waals surface area contributed by atoms with Gasteiger partial charge in [0.25, 0.3) is 0 Å². The molecule has 1 aliphatic rings. The number of hydrogen-bond acceptors (Lipinski definition) is 5. The van der Waals surface area contributed by atoms with E-state index in [-0.39, 0.29) is 18.4 Å². The van der Waals surface area contributed by atoms with Gasteiger partial charge < -0.3 is 14.3 Å². The first-order valence-corrected chi connectivity index (χ1v) is 7.94. The quantitative estimate of drug-likeness (QED) is 0.790. The molecule has 1 aromatic heterocycles. The van der Waals surface area contributed by atoms with Gasteiger partial charge in [-0.25, -0.2) is 0 Å². The summed E-state index contributed by atoms with van der Waals surface area (Å²) in [4.78, 5) is 32.3. The van der Waals surface area contributed by atoms with E-state index in [1.165, 1.54) is 4.90 Å². The highest BCUT2D eigenvalue weighted by Crippen LogP contribution is 2.28. The zero-order chi connectivity index (χ0) is 17.3. The number of benzene rings is 1. The van der Waals surface area contributed by atoms with E-state index in [1.54, 1.807) is 37.1 Å². The number of anilines is 1. The standard InChI is InChI=1S/C16H17ClN4O3/c1-10-18-14(19-24-10)9-20(2)15(22)13-6-7-21(16(13)23)12-5-3-4-11(17)8-12/h3-5,8,13H,6-7,9H2,1-2H3. The van der Waals surface area contributed by atoms with Gasteiger partial charge in [-0.3, -0.25) is 9.59 Å². The fraction of sp³-hybridized carbons (Fsp3) is 0.375. The van der Waals surface area contributed by atoms with Crippen LogP contribution in [0.1, 0.15) is 18.1 Å². The van der Waals surface area contributed by atoms with Gasteiger partial charge in [0.2, 0.25) is 17.7 Å². The van der Waals surface area contributed by atoms with Crippen LogP contribution in [-0.2, 0) is 16.1 Å². The van der Waals surface area contributed by atoms with Crippen molar-refractivity contribution in [2.24, 2.45) is 5.92 Å². The molecule has 1 fully saturated rings. The molecule has 0 aliphatic carbocycles. The fourth-order valence-corrected chi connectivity index (χ4v) is 2.96. The topological polar surface area (TPSA) is 79.5 Å². The minimum absolute atomic E-state index is 0.205. The Bertz CT molecular complexity index is 776. The van der Waals surface area contributed by atoms with Crippen LogP contribution in [0.2, 0.25) is 5.02 Å².